The van der Waals surface area contributed by atoms with Gasteiger partial charge in [0.15, 0.2) is 0 Å². The molecule has 1 aliphatic carbocycles. The van der Waals surface area contributed by atoms with Gasteiger partial charge in [0.05, 0.1) is 25.2 Å². The van der Waals surface area contributed by atoms with E-state index in [-0.39, 0.29) is 5.41 Å². The lowest BCUT2D eigenvalue weighted by atomic mass is 9.75. The fourth-order valence-electron chi connectivity index (χ4n) is 3.43. The standard InChI is InChI=1S/C21H25N5O2/c1-4-15-11-23-19(13-22-15)26-18-10-17(16(12-24-18)20(27)28-3)25-14-21(2)8-6-5-7-9-21/h1,10-13H,5-9,14H2,2-3H3,(H2,23,24,25,26). The van der Waals surface area contributed by atoms with E-state index < -0.39 is 5.97 Å². The monoisotopic (exact) mass is 379 g/mol. The highest BCUT2D eigenvalue weighted by molar-refractivity contribution is 5.95. The maximum Gasteiger partial charge on any atom is 0.341 e. The van der Waals surface area contributed by atoms with Crippen LogP contribution < -0.4 is 10.6 Å². The number of hydrogen-bond donors (Lipinski definition) is 2. The average molecular weight is 379 g/mol. The van der Waals surface area contributed by atoms with Crippen molar-refractivity contribution in [1.29, 1.82) is 0 Å². The number of anilines is 3. The molecular weight excluding hydrogens is 354 g/mol. The number of terminal acetylenes is 1. The molecule has 0 saturated heterocycles. The van der Waals surface area contributed by atoms with Crippen LogP contribution in [0.3, 0.4) is 0 Å². The first-order valence-electron chi connectivity index (χ1n) is 9.41. The Bertz CT molecular complexity index is 867. The van der Waals surface area contributed by atoms with E-state index in [1.54, 1.807) is 12.3 Å². The zero-order valence-electron chi connectivity index (χ0n) is 16.3. The van der Waals surface area contributed by atoms with Crippen LogP contribution in [0.4, 0.5) is 17.3 Å². The normalized spacial score (nSPS) is 15.3. The van der Waals surface area contributed by atoms with Crippen molar-refractivity contribution in [2.75, 3.05) is 24.3 Å². The highest BCUT2D eigenvalue weighted by Gasteiger charge is 2.27. The van der Waals surface area contributed by atoms with Crippen molar-refractivity contribution in [1.82, 2.24) is 15.0 Å². The van der Waals surface area contributed by atoms with Gasteiger partial charge in [-0.15, -0.1) is 6.42 Å². The summed E-state index contributed by atoms with van der Waals surface area (Å²) in [5.74, 6) is 3.07. The molecule has 0 aliphatic heterocycles. The van der Waals surface area contributed by atoms with E-state index >= 15 is 0 Å². The van der Waals surface area contributed by atoms with Crippen molar-refractivity contribution in [3.63, 3.8) is 0 Å². The Morgan fingerprint density at radius 1 is 1.18 bits per heavy atom. The number of pyridine rings is 1. The minimum atomic E-state index is -0.423. The predicted molar refractivity (Wildman–Crippen MR) is 109 cm³/mol. The molecule has 2 aromatic rings. The molecule has 7 heteroatoms. The molecule has 0 aromatic carbocycles. The second-order valence-electron chi connectivity index (χ2n) is 7.39. The number of methoxy groups -OCH3 is 1. The van der Waals surface area contributed by atoms with Crippen molar-refractivity contribution >= 4 is 23.3 Å². The number of ether oxygens (including phenoxy) is 1. The maximum atomic E-state index is 12.1. The Morgan fingerprint density at radius 2 is 1.93 bits per heavy atom. The number of hydrogen-bond acceptors (Lipinski definition) is 7. The first-order valence-corrected chi connectivity index (χ1v) is 9.41. The van der Waals surface area contributed by atoms with Crippen molar-refractivity contribution in [2.45, 2.75) is 39.0 Å². The molecule has 1 fully saturated rings. The van der Waals surface area contributed by atoms with Gasteiger partial charge in [-0.3, -0.25) is 0 Å². The summed E-state index contributed by atoms with van der Waals surface area (Å²) in [5, 5.41) is 6.52. The minimum absolute atomic E-state index is 0.221. The molecule has 0 amide bonds. The van der Waals surface area contributed by atoms with Gasteiger partial charge < -0.3 is 15.4 Å². The van der Waals surface area contributed by atoms with Gasteiger partial charge >= 0.3 is 5.97 Å². The largest absolute Gasteiger partial charge is 0.465 e. The highest BCUT2D eigenvalue weighted by Crippen LogP contribution is 2.36. The molecule has 28 heavy (non-hydrogen) atoms. The van der Waals surface area contributed by atoms with Crippen LogP contribution in [0.15, 0.2) is 24.7 Å². The van der Waals surface area contributed by atoms with Gasteiger partial charge in [0.2, 0.25) is 0 Å². The van der Waals surface area contributed by atoms with E-state index in [4.69, 9.17) is 11.2 Å². The van der Waals surface area contributed by atoms with Crippen LogP contribution in [0.5, 0.6) is 0 Å². The Labute approximate surface area is 165 Å². The van der Waals surface area contributed by atoms with Crippen LogP contribution in [0.1, 0.15) is 55.1 Å². The highest BCUT2D eigenvalue weighted by atomic mass is 16.5. The smallest absolute Gasteiger partial charge is 0.341 e. The molecule has 0 atom stereocenters. The van der Waals surface area contributed by atoms with Crippen molar-refractivity contribution < 1.29 is 9.53 Å². The van der Waals surface area contributed by atoms with E-state index in [1.807, 2.05) is 0 Å². The predicted octanol–water partition coefficient (Wildman–Crippen LogP) is 3.77. The molecule has 2 heterocycles. The van der Waals surface area contributed by atoms with Crippen molar-refractivity contribution in [3.8, 4) is 12.3 Å². The quantitative estimate of drug-likeness (QED) is 0.583. The molecule has 0 radical (unpaired) electrons. The van der Waals surface area contributed by atoms with Gasteiger partial charge in [-0.2, -0.15) is 0 Å². The van der Waals surface area contributed by atoms with Crippen LogP contribution in [-0.2, 0) is 4.74 Å². The van der Waals surface area contributed by atoms with Crippen LogP contribution >= 0.6 is 0 Å². The van der Waals surface area contributed by atoms with Crippen LogP contribution in [0.25, 0.3) is 0 Å². The van der Waals surface area contributed by atoms with Crippen LogP contribution in [0.2, 0.25) is 0 Å². The van der Waals surface area contributed by atoms with Crippen LogP contribution in [-0.4, -0.2) is 34.6 Å². The fraction of sp³-hybridized carbons (Fsp3) is 0.429. The Balaban J connectivity index is 1.79. The Kier molecular flexibility index (Phi) is 6.09. The third kappa shape index (κ3) is 4.77. The SMILES string of the molecule is C#Cc1cnc(Nc2cc(NCC3(C)CCCCC3)c(C(=O)OC)cn2)cn1. The van der Waals surface area contributed by atoms with E-state index in [2.05, 4.69) is 38.4 Å². The lowest BCUT2D eigenvalue weighted by Crippen LogP contribution is -2.29. The molecule has 0 spiro atoms. The second-order valence-corrected chi connectivity index (χ2v) is 7.39. The maximum absolute atomic E-state index is 12.1. The Morgan fingerprint density at radius 3 is 2.57 bits per heavy atom. The number of nitrogens with zero attached hydrogens (tertiary/aromatic N) is 3. The minimum Gasteiger partial charge on any atom is -0.465 e. The number of esters is 1. The summed E-state index contributed by atoms with van der Waals surface area (Å²) in [6.45, 7) is 3.08. The topological polar surface area (TPSA) is 89.0 Å². The number of nitrogens with one attached hydrogen (secondary N) is 2. The molecule has 146 valence electrons. The molecule has 1 aliphatic rings. The molecule has 2 aromatic heterocycles. The van der Waals surface area contributed by atoms with E-state index in [1.165, 1.54) is 51.6 Å². The number of aromatic nitrogens is 3. The van der Waals surface area contributed by atoms with E-state index in [0.29, 0.717) is 28.6 Å². The van der Waals surface area contributed by atoms with Gasteiger partial charge in [-0.1, -0.05) is 26.2 Å². The fourth-order valence-corrected chi connectivity index (χ4v) is 3.43. The third-order valence-corrected chi connectivity index (χ3v) is 5.13. The number of carbonyl (C=O) groups is 1. The average Bonchev–Trinajstić information content (AvgIpc) is 2.73. The zero-order valence-corrected chi connectivity index (χ0v) is 16.3. The van der Waals surface area contributed by atoms with Gasteiger partial charge in [0, 0.05) is 18.8 Å². The van der Waals surface area contributed by atoms with Gasteiger partial charge in [-0.05, 0) is 24.2 Å². The summed E-state index contributed by atoms with van der Waals surface area (Å²) < 4.78 is 4.90. The van der Waals surface area contributed by atoms with E-state index in [9.17, 15) is 4.79 Å². The summed E-state index contributed by atoms with van der Waals surface area (Å²) in [4.78, 5) is 24.8. The first kappa shape index (κ1) is 19.6. The lowest BCUT2D eigenvalue weighted by Gasteiger charge is -2.34. The van der Waals surface area contributed by atoms with Gasteiger partial charge in [0.1, 0.15) is 22.9 Å². The first-order chi connectivity index (χ1) is 13.5. The molecule has 2 N–H and O–H groups in total. The second kappa shape index (κ2) is 8.70. The number of carbonyl (C=O) groups excluding carboxylic acids is 1. The van der Waals surface area contributed by atoms with E-state index in [0.717, 1.165) is 6.54 Å². The Hall–Kier alpha value is -3.14. The lowest BCUT2D eigenvalue weighted by molar-refractivity contribution is 0.0601. The molecule has 0 unspecified atom stereocenters. The zero-order chi connectivity index (χ0) is 20.0. The third-order valence-electron chi connectivity index (χ3n) is 5.13. The summed E-state index contributed by atoms with van der Waals surface area (Å²) in [6, 6.07) is 1.79. The molecule has 7 nitrogen and oxygen atoms in total. The van der Waals surface area contributed by atoms with Gasteiger partial charge in [-0.25, -0.2) is 19.7 Å². The summed E-state index contributed by atoms with van der Waals surface area (Å²) in [5.41, 5.74) is 1.77. The summed E-state index contributed by atoms with van der Waals surface area (Å²) >= 11 is 0. The van der Waals surface area contributed by atoms with Gasteiger partial charge in [0.25, 0.3) is 0 Å². The van der Waals surface area contributed by atoms with Crippen molar-refractivity contribution in [3.05, 3.63) is 35.9 Å². The summed E-state index contributed by atoms with van der Waals surface area (Å²) in [6.07, 6.45) is 16.0. The van der Waals surface area contributed by atoms with Crippen molar-refractivity contribution in [2.24, 2.45) is 5.41 Å². The van der Waals surface area contributed by atoms with Crippen LogP contribution in [0, 0.1) is 17.8 Å². The molecular formula is C21H25N5O2. The molecule has 0 bridgehead atoms. The molecule has 3 rings (SSSR count). The molecule has 1 saturated carbocycles. The number of rotatable bonds is 6. The summed E-state index contributed by atoms with van der Waals surface area (Å²) in [7, 11) is 1.36.